The Morgan fingerprint density at radius 1 is 1.39 bits per heavy atom. The highest BCUT2D eigenvalue weighted by atomic mass is 16.5. The second-order valence-electron chi connectivity index (χ2n) is 4.25. The summed E-state index contributed by atoms with van der Waals surface area (Å²) in [6.45, 7) is 3.76. The highest BCUT2D eigenvalue weighted by molar-refractivity contribution is 5.43. The Morgan fingerprint density at radius 2 is 2.11 bits per heavy atom. The van der Waals surface area contributed by atoms with Crippen LogP contribution in [0.1, 0.15) is 25.8 Å². The molecule has 0 radical (unpaired) electrons. The number of nitrogens with two attached hydrogens (primary N) is 1. The Morgan fingerprint density at radius 3 is 2.67 bits per heavy atom. The molecule has 98 valence electrons. The van der Waals surface area contributed by atoms with E-state index in [9.17, 15) is 0 Å². The summed E-state index contributed by atoms with van der Waals surface area (Å²) >= 11 is 0. The van der Waals surface area contributed by atoms with Crippen LogP contribution in [-0.4, -0.2) is 19.3 Å². The third-order valence-corrected chi connectivity index (χ3v) is 2.74. The minimum atomic E-state index is -0.506. The van der Waals surface area contributed by atoms with E-state index in [4.69, 9.17) is 20.5 Å². The fraction of sp³-hybridized carbons (Fsp3) is 0.500. The van der Waals surface area contributed by atoms with Crippen LogP contribution in [0.25, 0.3) is 0 Å². The molecular formula is C14H20N2O2. The molecule has 1 aromatic carbocycles. The molecule has 4 heteroatoms. The quantitative estimate of drug-likeness (QED) is 0.838. The first kappa shape index (κ1) is 14.3. The number of methoxy groups -OCH3 is 1. The molecule has 4 nitrogen and oxygen atoms in total. The van der Waals surface area contributed by atoms with E-state index in [0.29, 0.717) is 11.5 Å². The zero-order valence-corrected chi connectivity index (χ0v) is 11.1. The van der Waals surface area contributed by atoms with Crippen LogP contribution in [0, 0.1) is 11.3 Å². The molecule has 0 fully saturated rings. The molecule has 0 saturated carbocycles. The van der Waals surface area contributed by atoms with Crippen molar-refractivity contribution in [3.05, 3.63) is 23.8 Å². The second-order valence-corrected chi connectivity index (χ2v) is 4.25. The Hall–Kier alpha value is -1.73. The summed E-state index contributed by atoms with van der Waals surface area (Å²) in [6.07, 6.45) is 1.21. The standard InChI is InChI=1S/C14H20N2O2/c1-4-12(16)7-11-5-6-13(17-3)14(8-11)18-10(2)9-15/h5-6,8,10,12H,4,7,16H2,1-3H3. The lowest BCUT2D eigenvalue weighted by molar-refractivity contribution is 0.259. The van der Waals surface area contributed by atoms with Crippen molar-refractivity contribution in [2.24, 2.45) is 5.73 Å². The number of benzene rings is 1. The lowest BCUT2D eigenvalue weighted by Gasteiger charge is -2.15. The van der Waals surface area contributed by atoms with E-state index < -0.39 is 6.10 Å². The smallest absolute Gasteiger partial charge is 0.181 e. The van der Waals surface area contributed by atoms with Gasteiger partial charge in [-0.1, -0.05) is 13.0 Å². The van der Waals surface area contributed by atoms with Crippen molar-refractivity contribution in [2.45, 2.75) is 38.8 Å². The lowest BCUT2D eigenvalue weighted by atomic mass is 10.0. The predicted molar refractivity (Wildman–Crippen MR) is 70.7 cm³/mol. The van der Waals surface area contributed by atoms with Gasteiger partial charge in [-0.2, -0.15) is 5.26 Å². The number of rotatable bonds is 6. The molecule has 0 aliphatic rings. The van der Waals surface area contributed by atoms with Gasteiger partial charge in [0, 0.05) is 6.04 Å². The van der Waals surface area contributed by atoms with Crippen LogP contribution in [0.4, 0.5) is 0 Å². The second kappa shape index (κ2) is 6.87. The molecule has 0 amide bonds. The third kappa shape index (κ3) is 3.94. The monoisotopic (exact) mass is 248 g/mol. The van der Waals surface area contributed by atoms with E-state index in [0.717, 1.165) is 18.4 Å². The lowest BCUT2D eigenvalue weighted by Crippen LogP contribution is -2.21. The molecule has 2 N–H and O–H groups in total. The molecule has 1 rings (SSSR count). The van der Waals surface area contributed by atoms with Crippen LogP contribution in [-0.2, 0) is 6.42 Å². The Balaban J connectivity index is 2.91. The van der Waals surface area contributed by atoms with Gasteiger partial charge < -0.3 is 15.2 Å². The molecule has 2 unspecified atom stereocenters. The topological polar surface area (TPSA) is 68.3 Å². The van der Waals surface area contributed by atoms with Crippen LogP contribution in [0.2, 0.25) is 0 Å². The van der Waals surface area contributed by atoms with E-state index >= 15 is 0 Å². The van der Waals surface area contributed by atoms with Gasteiger partial charge in [0.2, 0.25) is 0 Å². The largest absolute Gasteiger partial charge is 0.493 e. The maximum absolute atomic E-state index is 8.78. The number of nitriles is 1. The summed E-state index contributed by atoms with van der Waals surface area (Å²) in [7, 11) is 1.58. The van der Waals surface area contributed by atoms with Gasteiger partial charge in [-0.3, -0.25) is 0 Å². The molecule has 18 heavy (non-hydrogen) atoms. The van der Waals surface area contributed by atoms with Gasteiger partial charge in [0.25, 0.3) is 0 Å². The molecule has 2 atom stereocenters. The van der Waals surface area contributed by atoms with Crippen LogP contribution < -0.4 is 15.2 Å². The maximum atomic E-state index is 8.78. The number of ether oxygens (including phenoxy) is 2. The highest BCUT2D eigenvalue weighted by Crippen LogP contribution is 2.29. The van der Waals surface area contributed by atoms with Crippen molar-refractivity contribution in [1.82, 2.24) is 0 Å². The van der Waals surface area contributed by atoms with Gasteiger partial charge in [-0.05, 0) is 37.5 Å². The maximum Gasteiger partial charge on any atom is 0.181 e. The van der Waals surface area contributed by atoms with Crippen molar-refractivity contribution in [2.75, 3.05) is 7.11 Å². The highest BCUT2D eigenvalue weighted by Gasteiger charge is 2.10. The molecule has 0 spiro atoms. The summed E-state index contributed by atoms with van der Waals surface area (Å²) in [4.78, 5) is 0. The van der Waals surface area contributed by atoms with Gasteiger partial charge in [-0.15, -0.1) is 0 Å². The summed E-state index contributed by atoms with van der Waals surface area (Å²) in [5.41, 5.74) is 7.02. The normalized spacial score (nSPS) is 13.5. The number of nitrogens with zero attached hydrogens (tertiary/aromatic N) is 1. The van der Waals surface area contributed by atoms with Crippen molar-refractivity contribution < 1.29 is 9.47 Å². The van der Waals surface area contributed by atoms with Crippen LogP contribution >= 0.6 is 0 Å². The molecule has 0 saturated heterocycles. The fourth-order valence-corrected chi connectivity index (χ4v) is 1.60. The molecule has 0 aliphatic carbocycles. The number of hydrogen-bond acceptors (Lipinski definition) is 4. The summed E-state index contributed by atoms with van der Waals surface area (Å²) < 4.78 is 10.7. The van der Waals surface area contributed by atoms with Gasteiger partial charge >= 0.3 is 0 Å². The average molecular weight is 248 g/mol. The third-order valence-electron chi connectivity index (χ3n) is 2.74. The molecule has 0 aromatic heterocycles. The van der Waals surface area contributed by atoms with E-state index in [2.05, 4.69) is 6.92 Å². The van der Waals surface area contributed by atoms with Crippen molar-refractivity contribution in [1.29, 1.82) is 5.26 Å². The zero-order valence-electron chi connectivity index (χ0n) is 11.1. The average Bonchev–Trinajstić information content (AvgIpc) is 2.38. The minimum absolute atomic E-state index is 0.139. The van der Waals surface area contributed by atoms with E-state index in [1.54, 1.807) is 14.0 Å². The van der Waals surface area contributed by atoms with Crippen molar-refractivity contribution in [3.63, 3.8) is 0 Å². The van der Waals surface area contributed by atoms with Crippen LogP contribution in [0.3, 0.4) is 0 Å². The molecule has 0 heterocycles. The molecule has 0 bridgehead atoms. The van der Waals surface area contributed by atoms with Crippen molar-refractivity contribution in [3.8, 4) is 17.6 Å². The molecular weight excluding hydrogens is 228 g/mol. The van der Waals surface area contributed by atoms with Crippen molar-refractivity contribution >= 4 is 0 Å². The van der Waals surface area contributed by atoms with Crippen LogP contribution in [0.15, 0.2) is 18.2 Å². The van der Waals surface area contributed by atoms with E-state index in [1.807, 2.05) is 24.3 Å². The summed E-state index contributed by atoms with van der Waals surface area (Å²) in [5.74, 6) is 1.22. The molecule has 1 aromatic rings. The summed E-state index contributed by atoms with van der Waals surface area (Å²) in [5, 5.41) is 8.78. The molecule has 0 aliphatic heterocycles. The Bertz CT molecular complexity index is 426. The predicted octanol–water partition coefficient (Wildman–Crippen LogP) is 2.27. The first-order valence-corrected chi connectivity index (χ1v) is 6.09. The first-order valence-electron chi connectivity index (χ1n) is 6.09. The van der Waals surface area contributed by atoms with E-state index in [-0.39, 0.29) is 6.04 Å². The van der Waals surface area contributed by atoms with Gasteiger partial charge in [0.15, 0.2) is 17.6 Å². The Kier molecular flexibility index (Phi) is 5.47. The van der Waals surface area contributed by atoms with Gasteiger partial charge in [0.1, 0.15) is 6.07 Å². The number of hydrogen-bond donors (Lipinski definition) is 1. The van der Waals surface area contributed by atoms with E-state index in [1.165, 1.54) is 0 Å². The first-order chi connectivity index (χ1) is 8.60. The van der Waals surface area contributed by atoms with Gasteiger partial charge in [0.05, 0.1) is 7.11 Å². The van der Waals surface area contributed by atoms with Gasteiger partial charge in [-0.25, -0.2) is 0 Å². The minimum Gasteiger partial charge on any atom is -0.493 e. The SMILES string of the molecule is CCC(N)Cc1ccc(OC)c(OC(C)C#N)c1. The fourth-order valence-electron chi connectivity index (χ4n) is 1.60. The zero-order chi connectivity index (χ0) is 13.5. The summed E-state index contributed by atoms with van der Waals surface area (Å²) in [6, 6.07) is 7.88. The Labute approximate surface area is 108 Å². The van der Waals surface area contributed by atoms with Crippen LogP contribution in [0.5, 0.6) is 11.5 Å².